The predicted octanol–water partition coefficient (Wildman–Crippen LogP) is 2.23. The van der Waals surface area contributed by atoms with Crippen LogP contribution in [0.1, 0.15) is 12.0 Å². The maximum Gasteiger partial charge on any atom is 0.305 e. The van der Waals surface area contributed by atoms with Crippen molar-refractivity contribution in [3.8, 4) is 6.07 Å². The van der Waals surface area contributed by atoms with Gasteiger partial charge in [-0.25, -0.2) is 0 Å². The van der Waals surface area contributed by atoms with Gasteiger partial charge in [0.25, 0.3) is 0 Å². The molecule has 0 amide bonds. The molecule has 1 aromatic carbocycles. The lowest BCUT2D eigenvalue weighted by atomic mass is 10.2. The zero-order chi connectivity index (χ0) is 12.1. The second-order valence-electron chi connectivity index (χ2n) is 3.34. The smallest absolute Gasteiger partial charge is 0.305 e. The topological polar surface area (TPSA) is 64.3 Å². The lowest BCUT2D eigenvalue weighted by Crippen LogP contribution is -2.20. The normalized spacial score (nSPS) is 9.56. The zero-order valence-corrected chi connectivity index (χ0v) is 10.4. The van der Waals surface area contributed by atoms with E-state index < -0.39 is 5.97 Å². The summed E-state index contributed by atoms with van der Waals surface area (Å²) in [5.41, 5.74) is 1.45. The first kappa shape index (κ1) is 12.5. The van der Waals surface area contributed by atoms with E-state index in [1.54, 1.807) is 18.2 Å². The Morgan fingerprint density at radius 1 is 1.62 bits per heavy atom. The van der Waals surface area contributed by atoms with Crippen LogP contribution < -0.4 is 4.90 Å². The Balaban J connectivity index is 2.77. The molecule has 0 radical (unpaired) electrons. The monoisotopic (exact) mass is 282 g/mol. The van der Waals surface area contributed by atoms with Gasteiger partial charge in [-0.3, -0.25) is 4.79 Å². The fourth-order valence-corrected chi connectivity index (χ4v) is 1.68. The molecule has 0 unspecified atom stereocenters. The molecule has 0 aliphatic carbocycles. The summed E-state index contributed by atoms with van der Waals surface area (Å²) in [6.07, 6.45) is 0.0914. The summed E-state index contributed by atoms with van der Waals surface area (Å²) in [5, 5.41) is 17.3. The summed E-state index contributed by atoms with van der Waals surface area (Å²) in [5.74, 6) is -0.820. The fraction of sp³-hybridized carbons (Fsp3) is 0.273. The number of anilines is 1. The van der Waals surface area contributed by atoms with E-state index in [2.05, 4.69) is 22.0 Å². The van der Waals surface area contributed by atoms with Crippen LogP contribution in [-0.2, 0) is 4.79 Å². The molecule has 1 N–H and O–H groups in total. The summed E-state index contributed by atoms with van der Waals surface area (Å²) in [6, 6.07) is 7.36. The number of nitriles is 1. The first-order valence-corrected chi connectivity index (χ1v) is 5.46. The average Bonchev–Trinajstić information content (AvgIpc) is 2.25. The van der Waals surface area contributed by atoms with Gasteiger partial charge in [-0.1, -0.05) is 0 Å². The second kappa shape index (κ2) is 5.52. The molecule has 0 aromatic heterocycles. The lowest BCUT2D eigenvalue weighted by Gasteiger charge is -2.18. The SMILES string of the molecule is CN(CCC(=O)O)c1ccc(C#N)c(Br)c1. The van der Waals surface area contributed by atoms with Crippen molar-refractivity contribution in [1.29, 1.82) is 5.26 Å². The van der Waals surface area contributed by atoms with Crippen molar-refractivity contribution < 1.29 is 9.90 Å². The van der Waals surface area contributed by atoms with Crippen LogP contribution in [0, 0.1) is 11.3 Å². The molecule has 0 saturated heterocycles. The minimum Gasteiger partial charge on any atom is -0.481 e. The van der Waals surface area contributed by atoms with Gasteiger partial charge in [-0.15, -0.1) is 0 Å². The zero-order valence-electron chi connectivity index (χ0n) is 8.77. The number of carboxylic acid groups (broad SMARTS) is 1. The van der Waals surface area contributed by atoms with E-state index in [0.29, 0.717) is 12.1 Å². The quantitative estimate of drug-likeness (QED) is 0.920. The van der Waals surface area contributed by atoms with Crippen molar-refractivity contribution in [3.05, 3.63) is 28.2 Å². The van der Waals surface area contributed by atoms with Gasteiger partial charge in [0, 0.05) is 23.8 Å². The third-order valence-corrected chi connectivity index (χ3v) is 2.83. The van der Waals surface area contributed by atoms with Gasteiger partial charge in [0.2, 0.25) is 0 Å². The fourth-order valence-electron chi connectivity index (χ4n) is 1.22. The van der Waals surface area contributed by atoms with E-state index in [-0.39, 0.29) is 6.42 Å². The number of rotatable bonds is 4. The Bertz CT molecular complexity index is 440. The Hall–Kier alpha value is -1.54. The van der Waals surface area contributed by atoms with Crippen LogP contribution in [-0.4, -0.2) is 24.7 Å². The van der Waals surface area contributed by atoms with Crippen molar-refractivity contribution in [2.45, 2.75) is 6.42 Å². The van der Waals surface area contributed by atoms with E-state index in [1.165, 1.54) is 0 Å². The highest BCUT2D eigenvalue weighted by Gasteiger charge is 2.06. The molecule has 0 bridgehead atoms. The number of hydrogen-bond donors (Lipinski definition) is 1. The highest BCUT2D eigenvalue weighted by atomic mass is 79.9. The molecule has 1 rings (SSSR count). The molecule has 0 saturated carbocycles. The largest absolute Gasteiger partial charge is 0.481 e. The van der Waals surface area contributed by atoms with Gasteiger partial charge < -0.3 is 10.0 Å². The van der Waals surface area contributed by atoms with Gasteiger partial charge in [-0.2, -0.15) is 5.26 Å². The molecular weight excluding hydrogens is 272 g/mol. The second-order valence-corrected chi connectivity index (χ2v) is 4.20. The lowest BCUT2D eigenvalue weighted by molar-refractivity contribution is -0.136. The van der Waals surface area contributed by atoms with Crippen LogP contribution in [0.5, 0.6) is 0 Å². The molecule has 0 aliphatic heterocycles. The molecule has 84 valence electrons. The number of nitrogens with zero attached hydrogens (tertiary/aromatic N) is 2. The summed E-state index contributed by atoms with van der Waals surface area (Å²) in [4.78, 5) is 12.3. The minimum absolute atomic E-state index is 0.0914. The Labute approximate surface area is 102 Å². The van der Waals surface area contributed by atoms with Crippen molar-refractivity contribution in [3.63, 3.8) is 0 Å². The van der Waals surface area contributed by atoms with Crippen LogP contribution in [0.3, 0.4) is 0 Å². The third-order valence-electron chi connectivity index (χ3n) is 2.17. The first-order chi connectivity index (χ1) is 7.54. The summed E-state index contributed by atoms with van der Waals surface area (Å²) >= 11 is 3.29. The van der Waals surface area contributed by atoms with Crippen LogP contribution in [0.15, 0.2) is 22.7 Å². The first-order valence-electron chi connectivity index (χ1n) is 4.67. The van der Waals surface area contributed by atoms with Crippen LogP contribution in [0.2, 0.25) is 0 Å². The number of hydrogen-bond acceptors (Lipinski definition) is 3. The highest BCUT2D eigenvalue weighted by molar-refractivity contribution is 9.10. The van der Waals surface area contributed by atoms with Crippen molar-refractivity contribution in [1.82, 2.24) is 0 Å². The summed E-state index contributed by atoms with van der Waals surface area (Å²) in [6.45, 7) is 0.438. The molecule has 0 heterocycles. The molecule has 5 heteroatoms. The van der Waals surface area contributed by atoms with Gasteiger partial charge in [0.15, 0.2) is 0 Å². The van der Waals surface area contributed by atoms with Gasteiger partial charge in [-0.05, 0) is 34.1 Å². The number of halogens is 1. The molecular formula is C11H11BrN2O2. The van der Waals surface area contributed by atoms with Crippen molar-refractivity contribution in [2.75, 3.05) is 18.5 Å². The maximum atomic E-state index is 10.4. The molecule has 0 fully saturated rings. The van der Waals surface area contributed by atoms with E-state index >= 15 is 0 Å². The van der Waals surface area contributed by atoms with Crippen LogP contribution in [0.4, 0.5) is 5.69 Å². The van der Waals surface area contributed by atoms with Crippen LogP contribution >= 0.6 is 15.9 Å². The highest BCUT2D eigenvalue weighted by Crippen LogP contribution is 2.23. The number of benzene rings is 1. The third kappa shape index (κ3) is 3.24. The molecule has 4 nitrogen and oxygen atoms in total. The Morgan fingerprint density at radius 3 is 2.81 bits per heavy atom. The molecule has 16 heavy (non-hydrogen) atoms. The summed E-state index contributed by atoms with van der Waals surface area (Å²) in [7, 11) is 1.82. The molecule has 0 aliphatic rings. The molecule has 0 atom stereocenters. The van der Waals surface area contributed by atoms with Crippen molar-refractivity contribution >= 4 is 27.6 Å². The van der Waals surface area contributed by atoms with E-state index in [4.69, 9.17) is 10.4 Å². The number of carbonyl (C=O) groups is 1. The van der Waals surface area contributed by atoms with E-state index in [1.807, 2.05) is 11.9 Å². The standard InChI is InChI=1S/C11H11BrN2O2/c1-14(5-4-11(15)16)9-3-2-8(7-13)10(12)6-9/h2-3,6H,4-5H2,1H3,(H,15,16). The molecule has 1 aromatic rings. The number of carboxylic acids is 1. The average molecular weight is 283 g/mol. The Morgan fingerprint density at radius 2 is 2.31 bits per heavy atom. The maximum absolute atomic E-state index is 10.4. The van der Waals surface area contributed by atoms with Gasteiger partial charge >= 0.3 is 5.97 Å². The summed E-state index contributed by atoms with van der Waals surface area (Å²) < 4.78 is 0.717. The van der Waals surface area contributed by atoms with E-state index in [9.17, 15) is 4.79 Å². The van der Waals surface area contributed by atoms with Crippen molar-refractivity contribution in [2.24, 2.45) is 0 Å². The molecule has 0 spiro atoms. The van der Waals surface area contributed by atoms with Gasteiger partial charge in [0.1, 0.15) is 6.07 Å². The number of aliphatic carboxylic acids is 1. The van der Waals surface area contributed by atoms with Gasteiger partial charge in [0.05, 0.1) is 12.0 Å². The Kier molecular flexibility index (Phi) is 4.32. The van der Waals surface area contributed by atoms with E-state index in [0.717, 1.165) is 10.2 Å². The predicted molar refractivity (Wildman–Crippen MR) is 64.4 cm³/mol. The van der Waals surface area contributed by atoms with Crippen LogP contribution in [0.25, 0.3) is 0 Å². The minimum atomic E-state index is -0.820.